The fourth-order valence-electron chi connectivity index (χ4n) is 3.82. The number of nitrogens with one attached hydrogen (secondary N) is 1. The van der Waals surface area contributed by atoms with E-state index in [1.54, 1.807) is 20.3 Å². The molecule has 1 amide bonds. The van der Waals surface area contributed by atoms with E-state index in [2.05, 4.69) is 15.3 Å². The molecule has 0 spiro atoms. The molecule has 8 nitrogen and oxygen atoms in total. The number of aromatic nitrogens is 3. The summed E-state index contributed by atoms with van der Waals surface area (Å²) in [4.78, 5) is 34.2. The normalized spacial score (nSPS) is 13.0. The number of ether oxygens (including phenoxy) is 2. The van der Waals surface area contributed by atoms with Crippen LogP contribution in [-0.2, 0) is 30.7 Å². The van der Waals surface area contributed by atoms with E-state index in [0.29, 0.717) is 22.5 Å². The van der Waals surface area contributed by atoms with Crippen molar-refractivity contribution in [1.29, 1.82) is 0 Å². The van der Waals surface area contributed by atoms with Crippen LogP contribution in [0.4, 0.5) is 0 Å². The average Bonchev–Trinajstić information content (AvgIpc) is 2.78. The largest absolute Gasteiger partial charge is 0.493 e. The van der Waals surface area contributed by atoms with Crippen LogP contribution in [0.3, 0.4) is 0 Å². The summed E-state index contributed by atoms with van der Waals surface area (Å²) in [5.74, 6) is 0.866. The van der Waals surface area contributed by atoms with Gasteiger partial charge in [-0.2, -0.15) is 0 Å². The second kappa shape index (κ2) is 8.52. The Labute approximate surface area is 173 Å². The van der Waals surface area contributed by atoms with Gasteiger partial charge in [0.2, 0.25) is 5.91 Å². The number of carbonyl (C=O) groups is 1. The van der Waals surface area contributed by atoms with Crippen molar-refractivity contribution < 1.29 is 14.3 Å². The monoisotopic (exact) mass is 408 g/mol. The molecule has 0 saturated heterocycles. The van der Waals surface area contributed by atoms with Crippen molar-refractivity contribution in [2.75, 3.05) is 14.2 Å². The lowest BCUT2D eigenvalue weighted by molar-refractivity contribution is -0.121. The third-order valence-electron chi connectivity index (χ3n) is 5.37. The second-order valence-electron chi connectivity index (χ2n) is 7.28. The number of methoxy groups -OCH3 is 2. The van der Waals surface area contributed by atoms with Crippen molar-refractivity contribution in [2.24, 2.45) is 0 Å². The van der Waals surface area contributed by atoms with E-state index < -0.39 is 0 Å². The predicted molar refractivity (Wildman–Crippen MR) is 112 cm³/mol. The van der Waals surface area contributed by atoms with Crippen molar-refractivity contribution in [1.82, 2.24) is 19.9 Å². The van der Waals surface area contributed by atoms with Gasteiger partial charge in [-0.25, -0.2) is 9.97 Å². The molecule has 0 saturated carbocycles. The fourth-order valence-corrected chi connectivity index (χ4v) is 3.82. The summed E-state index contributed by atoms with van der Waals surface area (Å²) in [6.45, 7) is 0.134. The number of amides is 1. The fraction of sp³-hybridized carbons (Fsp3) is 0.364. The van der Waals surface area contributed by atoms with Crippen LogP contribution in [0.25, 0.3) is 11.0 Å². The SMILES string of the molecule is COc1cccc(CNC(=O)Cn2cnc3nc4c(cc3c2=O)CCCC4)c1OC. The van der Waals surface area contributed by atoms with Crippen molar-refractivity contribution in [3.05, 3.63) is 57.8 Å². The van der Waals surface area contributed by atoms with Gasteiger partial charge in [-0.1, -0.05) is 12.1 Å². The highest BCUT2D eigenvalue weighted by Crippen LogP contribution is 2.30. The molecule has 3 aromatic rings. The van der Waals surface area contributed by atoms with Gasteiger partial charge in [-0.15, -0.1) is 0 Å². The lowest BCUT2D eigenvalue weighted by atomic mass is 9.95. The summed E-state index contributed by atoms with van der Waals surface area (Å²) in [5.41, 5.74) is 3.11. The first kappa shape index (κ1) is 19.9. The number of para-hydroxylation sites is 1. The van der Waals surface area contributed by atoms with E-state index in [0.717, 1.165) is 42.5 Å². The number of rotatable bonds is 6. The van der Waals surface area contributed by atoms with Crippen molar-refractivity contribution >= 4 is 16.9 Å². The van der Waals surface area contributed by atoms with E-state index in [1.807, 2.05) is 18.2 Å². The van der Waals surface area contributed by atoms with Crippen LogP contribution < -0.4 is 20.3 Å². The molecule has 1 aromatic carbocycles. The number of hydrogen-bond donors (Lipinski definition) is 1. The van der Waals surface area contributed by atoms with Crippen molar-refractivity contribution in [3.8, 4) is 11.5 Å². The first-order valence-electron chi connectivity index (χ1n) is 9.95. The molecule has 30 heavy (non-hydrogen) atoms. The van der Waals surface area contributed by atoms with Crippen LogP contribution in [0.2, 0.25) is 0 Å². The van der Waals surface area contributed by atoms with Crippen molar-refractivity contribution in [2.45, 2.75) is 38.8 Å². The molecule has 0 unspecified atom stereocenters. The van der Waals surface area contributed by atoms with E-state index in [9.17, 15) is 9.59 Å². The highest BCUT2D eigenvalue weighted by Gasteiger charge is 2.16. The number of benzene rings is 1. The van der Waals surface area contributed by atoms with Crippen LogP contribution in [0.15, 0.2) is 35.4 Å². The minimum atomic E-state index is -0.297. The van der Waals surface area contributed by atoms with E-state index in [-0.39, 0.29) is 24.6 Å². The molecular weight excluding hydrogens is 384 g/mol. The molecule has 0 bridgehead atoms. The molecule has 8 heteroatoms. The smallest absolute Gasteiger partial charge is 0.263 e. The molecule has 0 radical (unpaired) electrons. The second-order valence-corrected chi connectivity index (χ2v) is 7.28. The van der Waals surface area contributed by atoms with Crippen LogP contribution in [0.1, 0.15) is 29.7 Å². The van der Waals surface area contributed by atoms with Crippen molar-refractivity contribution in [3.63, 3.8) is 0 Å². The Bertz CT molecular complexity index is 1160. The maximum atomic E-state index is 12.9. The van der Waals surface area contributed by atoms with E-state index in [4.69, 9.17) is 9.47 Å². The Kier molecular flexibility index (Phi) is 5.65. The molecule has 0 fully saturated rings. The topological polar surface area (TPSA) is 95.3 Å². The highest BCUT2D eigenvalue weighted by atomic mass is 16.5. The Balaban J connectivity index is 1.51. The minimum absolute atomic E-state index is 0.120. The third kappa shape index (κ3) is 3.85. The maximum absolute atomic E-state index is 12.9. The molecule has 2 aromatic heterocycles. The van der Waals surface area contributed by atoms with E-state index in [1.165, 1.54) is 10.9 Å². The first-order valence-corrected chi connectivity index (χ1v) is 9.95. The highest BCUT2D eigenvalue weighted by molar-refractivity contribution is 5.77. The molecule has 1 aliphatic rings. The molecule has 4 rings (SSSR count). The molecule has 1 N–H and O–H groups in total. The minimum Gasteiger partial charge on any atom is -0.493 e. The van der Waals surface area contributed by atoms with Gasteiger partial charge in [-0.3, -0.25) is 14.2 Å². The zero-order valence-electron chi connectivity index (χ0n) is 17.1. The van der Waals surface area contributed by atoms with Crippen LogP contribution in [0.5, 0.6) is 11.5 Å². The summed E-state index contributed by atoms with van der Waals surface area (Å²) < 4.78 is 12.0. The van der Waals surface area contributed by atoms with Gasteiger partial charge < -0.3 is 14.8 Å². The third-order valence-corrected chi connectivity index (χ3v) is 5.37. The summed E-state index contributed by atoms with van der Waals surface area (Å²) in [5, 5.41) is 3.28. The molecule has 0 aliphatic heterocycles. The standard InChI is InChI=1S/C22H24N4O4/c1-29-18-9-5-7-15(20(18)30-2)11-23-19(27)12-26-13-24-21-16(22(26)28)10-14-6-3-4-8-17(14)25-21/h5,7,9-10,13H,3-4,6,8,11-12H2,1-2H3,(H,23,27). The summed E-state index contributed by atoms with van der Waals surface area (Å²) >= 11 is 0. The molecule has 2 heterocycles. The number of carbonyl (C=O) groups excluding carboxylic acids is 1. The molecule has 156 valence electrons. The number of nitrogens with zero attached hydrogens (tertiary/aromatic N) is 3. The summed E-state index contributed by atoms with van der Waals surface area (Å²) in [6.07, 6.45) is 5.45. The average molecular weight is 408 g/mol. The van der Waals surface area contributed by atoms with Gasteiger partial charge in [0.25, 0.3) is 5.56 Å². The Morgan fingerprint density at radius 2 is 2.03 bits per heavy atom. The maximum Gasteiger partial charge on any atom is 0.263 e. The quantitative estimate of drug-likeness (QED) is 0.670. The van der Waals surface area contributed by atoms with Crippen LogP contribution in [-0.4, -0.2) is 34.7 Å². The summed E-state index contributed by atoms with van der Waals surface area (Å²) in [7, 11) is 3.11. The zero-order valence-corrected chi connectivity index (χ0v) is 17.1. The lowest BCUT2D eigenvalue weighted by Crippen LogP contribution is -2.32. The summed E-state index contributed by atoms with van der Waals surface area (Å²) in [6, 6.07) is 7.35. The van der Waals surface area contributed by atoms with Gasteiger partial charge >= 0.3 is 0 Å². The van der Waals surface area contributed by atoms with Crippen LogP contribution >= 0.6 is 0 Å². The van der Waals surface area contributed by atoms with Gasteiger partial charge in [0.1, 0.15) is 12.9 Å². The van der Waals surface area contributed by atoms with E-state index >= 15 is 0 Å². The van der Waals surface area contributed by atoms with Gasteiger partial charge in [-0.05, 0) is 43.4 Å². The van der Waals surface area contributed by atoms with Gasteiger partial charge in [0.15, 0.2) is 17.1 Å². The van der Waals surface area contributed by atoms with Gasteiger partial charge in [0.05, 0.1) is 19.6 Å². The number of pyridine rings is 1. The lowest BCUT2D eigenvalue weighted by Gasteiger charge is -2.15. The first-order chi connectivity index (χ1) is 14.6. The molecular formula is C22H24N4O4. The zero-order chi connectivity index (χ0) is 21.1. The predicted octanol–water partition coefficient (Wildman–Crippen LogP) is 2.00. The molecule has 0 atom stereocenters. The van der Waals surface area contributed by atoms with Crippen LogP contribution in [0, 0.1) is 0 Å². The Morgan fingerprint density at radius 1 is 1.20 bits per heavy atom. The number of fused-ring (bicyclic) bond motifs is 2. The Morgan fingerprint density at radius 3 is 2.83 bits per heavy atom. The van der Waals surface area contributed by atoms with Gasteiger partial charge in [0, 0.05) is 17.8 Å². The molecule has 1 aliphatic carbocycles. The number of aryl methyl sites for hydroxylation is 2. The number of hydrogen-bond acceptors (Lipinski definition) is 6. The Hall–Kier alpha value is -3.42.